The van der Waals surface area contributed by atoms with Crippen molar-refractivity contribution >= 4 is 5.91 Å². The molecule has 3 heterocycles. The lowest BCUT2D eigenvalue weighted by atomic mass is 9.95. The first-order valence-electron chi connectivity index (χ1n) is 7.31. The number of aromatic nitrogens is 3. The minimum atomic E-state index is -0.402. The molecule has 0 unspecified atom stereocenters. The quantitative estimate of drug-likeness (QED) is 0.926. The second-order valence-corrected chi connectivity index (χ2v) is 5.52. The number of amides is 1. The van der Waals surface area contributed by atoms with Crippen molar-refractivity contribution in [3.63, 3.8) is 0 Å². The van der Waals surface area contributed by atoms with Gasteiger partial charge in [0.05, 0.1) is 0 Å². The first kappa shape index (κ1) is 14.6. The summed E-state index contributed by atoms with van der Waals surface area (Å²) in [6, 6.07) is 1.51. The van der Waals surface area contributed by atoms with Gasteiger partial charge in [-0.15, -0.1) is 0 Å². The van der Waals surface area contributed by atoms with Crippen LogP contribution in [0.25, 0.3) is 0 Å². The largest absolute Gasteiger partial charge is 0.367 e. The molecule has 0 bridgehead atoms. The number of hydrogen-bond donors (Lipinski definition) is 1. The van der Waals surface area contributed by atoms with Gasteiger partial charge in [0.1, 0.15) is 11.9 Å². The van der Waals surface area contributed by atoms with E-state index in [1.54, 1.807) is 12.4 Å². The van der Waals surface area contributed by atoms with Gasteiger partial charge in [0.25, 0.3) is 5.91 Å². The van der Waals surface area contributed by atoms with E-state index in [9.17, 15) is 4.79 Å². The lowest BCUT2D eigenvalue weighted by molar-refractivity contribution is -0.0760. The Morgan fingerprint density at radius 3 is 2.82 bits per heavy atom. The van der Waals surface area contributed by atoms with Crippen LogP contribution < -0.4 is 5.32 Å². The van der Waals surface area contributed by atoms with Crippen molar-refractivity contribution in [1.82, 2.24) is 20.4 Å². The zero-order chi connectivity index (χ0) is 15.4. The molecule has 0 aromatic carbocycles. The van der Waals surface area contributed by atoms with Gasteiger partial charge in [0, 0.05) is 37.2 Å². The van der Waals surface area contributed by atoms with E-state index >= 15 is 0 Å². The molecule has 2 aromatic heterocycles. The summed E-state index contributed by atoms with van der Waals surface area (Å²) < 4.78 is 10.5. The number of nitrogens with zero attached hydrogens (tertiary/aromatic N) is 3. The number of ether oxygens (including phenoxy) is 1. The average molecular weight is 302 g/mol. The van der Waals surface area contributed by atoms with E-state index in [4.69, 9.17) is 4.74 Å². The SMILES string of the molecule is C[C@]1(c2ncc(CNC(=O)c3ccon3)cn2)CCCCO1. The van der Waals surface area contributed by atoms with Crippen LogP contribution in [0.2, 0.25) is 0 Å². The van der Waals surface area contributed by atoms with Crippen LogP contribution in [-0.4, -0.2) is 27.6 Å². The van der Waals surface area contributed by atoms with Gasteiger partial charge in [0.2, 0.25) is 0 Å². The second-order valence-electron chi connectivity index (χ2n) is 5.52. The molecule has 0 radical (unpaired) electrons. The summed E-state index contributed by atoms with van der Waals surface area (Å²) in [4.78, 5) is 20.5. The summed E-state index contributed by atoms with van der Waals surface area (Å²) in [6.45, 7) is 3.10. The van der Waals surface area contributed by atoms with Crippen molar-refractivity contribution in [2.24, 2.45) is 0 Å². The number of rotatable bonds is 4. The maximum absolute atomic E-state index is 11.7. The highest BCUT2D eigenvalue weighted by molar-refractivity contribution is 5.91. The maximum Gasteiger partial charge on any atom is 0.273 e. The molecule has 1 N–H and O–H groups in total. The third kappa shape index (κ3) is 3.14. The smallest absolute Gasteiger partial charge is 0.273 e. The van der Waals surface area contributed by atoms with E-state index < -0.39 is 5.60 Å². The summed E-state index contributed by atoms with van der Waals surface area (Å²) in [5, 5.41) is 6.32. The average Bonchev–Trinajstić information content (AvgIpc) is 3.08. The van der Waals surface area contributed by atoms with Gasteiger partial charge >= 0.3 is 0 Å². The first-order chi connectivity index (χ1) is 10.7. The molecular weight excluding hydrogens is 284 g/mol. The Balaban J connectivity index is 1.61. The van der Waals surface area contributed by atoms with E-state index in [1.165, 1.54) is 12.3 Å². The Kier molecular flexibility index (Phi) is 4.15. The Hall–Kier alpha value is -2.28. The summed E-state index contributed by atoms with van der Waals surface area (Å²) >= 11 is 0. The van der Waals surface area contributed by atoms with Gasteiger partial charge in [-0.2, -0.15) is 0 Å². The molecule has 1 atom stereocenters. The molecule has 7 heteroatoms. The monoisotopic (exact) mass is 302 g/mol. The molecule has 0 saturated carbocycles. The normalized spacial score (nSPS) is 21.5. The zero-order valence-corrected chi connectivity index (χ0v) is 12.4. The molecule has 7 nitrogen and oxygen atoms in total. The van der Waals surface area contributed by atoms with Crippen molar-refractivity contribution in [3.8, 4) is 0 Å². The van der Waals surface area contributed by atoms with Crippen molar-refractivity contribution in [2.45, 2.75) is 38.3 Å². The standard InChI is InChI=1S/C15H18N4O3/c1-15(5-2-3-6-21-15)14-17-9-11(10-18-14)8-16-13(20)12-4-7-22-19-12/h4,7,9-10H,2-3,5-6,8H2,1H3,(H,16,20)/t15-/m1/s1. The van der Waals surface area contributed by atoms with E-state index in [2.05, 4.69) is 25.0 Å². The van der Waals surface area contributed by atoms with Gasteiger partial charge in [-0.05, 0) is 26.2 Å². The van der Waals surface area contributed by atoms with Gasteiger partial charge in [-0.25, -0.2) is 9.97 Å². The lowest BCUT2D eigenvalue weighted by Gasteiger charge is -2.32. The van der Waals surface area contributed by atoms with Gasteiger partial charge < -0.3 is 14.6 Å². The molecule has 1 amide bonds. The Morgan fingerprint density at radius 1 is 1.36 bits per heavy atom. The maximum atomic E-state index is 11.7. The number of hydrogen-bond acceptors (Lipinski definition) is 6. The van der Waals surface area contributed by atoms with Gasteiger partial charge in [-0.3, -0.25) is 4.79 Å². The third-order valence-electron chi connectivity index (χ3n) is 3.77. The summed E-state index contributed by atoms with van der Waals surface area (Å²) in [5.74, 6) is 0.402. The Bertz CT molecular complexity index is 619. The first-order valence-corrected chi connectivity index (χ1v) is 7.31. The molecule has 1 aliphatic rings. The Morgan fingerprint density at radius 2 is 2.18 bits per heavy atom. The predicted octanol–water partition coefficient (Wildman–Crippen LogP) is 1.81. The highest BCUT2D eigenvalue weighted by Crippen LogP contribution is 2.32. The van der Waals surface area contributed by atoms with Crippen LogP contribution in [0.4, 0.5) is 0 Å². The summed E-state index contributed by atoms with van der Waals surface area (Å²) in [7, 11) is 0. The van der Waals surface area contributed by atoms with Crippen molar-refractivity contribution in [1.29, 1.82) is 0 Å². The van der Waals surface area contributed by atoms with Crippen LogP contribution in [0.15, 0.2) is 29.2 Å². The number of nitrogens with one attached hydrogen (secondary N) is 1. The van der Waals surface area contributed by atoms with Crippen LogP contribution in [0.3, 0.4) is 0 Å². The van der Waals surface area contributed by atoms with Crippen molar-refractivity contribution in [3.05, 3.63) is 41.8 Å². The van der Waals surface area contributed by atoms with Crippen molar-refractivity contribution < 1.29 is 14.1 Å². The fourth-order valence-corrected chi connectivity index (χ4v) is 2.43. The molecule has 1 aliphatic heterocycles. The summed E-state index contributed by atoms with van der Waals surface area (Å²) in [5.41, 5.74) is 0.668. The fourth-order valence-electron chi connectivity index (χ4n) is 2.43. The topological polar surface area (TPSA) is 90.1 Å². The fraction of sp³-hybridized carbons (Fsp3) is 0.467. The summed E-state index contributed by atoms with van der Waals surface area (Å²) in [6.07, 6.45) is 7.92. The van der Waals surface area contributed by atoms with Crippen LogP contribution in [0.1, 0.15) is 48.1 Å². The van der Waals surface area contributed by atoms with Crippen LogP contribution in [-0.2, 0) is 16.9 Å². The molecule has 3 rings (SSSR count). The number of carbonyl (C=O) groups is 1. The van der Waals surface area contributed by atoms with E-state index in [-0.39, 0.29) is 11.6 Å². The van der Waals surface area contributed by atoms with E-state index in [0.29, 0.717) is 12.4 Å². The molecule has 2 aromatic rings. The molecule has 1 fully saturated rings. The molecule has 0 aliphatic carbocycles. The van der Waals surface area contributed by atoms with Gasteiger partial charge in [0.15, 0.2) is 11.5 Å². The lowest BCUT2D eigenvalue weighted by Crippen LogP contribution is -2.32. The molecule has 22 heavy (non-hydrogen) atoms. The molecule has 116 valence electrons. The van der Waals surface area contributed by atoms with E-state index in [0.717, 1.165) is 31.4 Å². The Labute approximate surface area is 128 Å². The third-order valence-corrected chi connectivity index (χ3v) is 3.77. The van der Waals surface area contributed by atoms with E-state index in [1.807, 2.05) is 6.92 Å². The second kappa shape index (κ2) is 6.23. The minimum absolute atomic E-state index is 0.251. The molecule has 0 spiro atoms. The molecular formula is C15H18N4O3. The zero-order valence-electron chi connectivity index (χ0n) is 12.4. The highest BCUT2D eigenvalue weighted by Gasteiger charge is 2.32. The van der Waals surface area contributed by atoms with Crippen LogP contribution in [0.5, 0.6) is 0 Å². The van der Waals surface area contributed by atoms with Crippen LogP contribution >= 0.6 is 0 Å². The van der Waals surface area contributed by atoms with Crippen molar-refractivity contribution in [2.75, 3.05) is 6.61 Å². The number of carbonyl (C=O) groups excluding carboxylic acids is 1. The highest BCUT2D eigenvalue weighted by atomic mass is 16.5. The minimum Gasteiger partial charge on any atom is -0.367 e. The molecule has 1 saturated heterocycles. The predicted molar refractivity (Wildman–Crippen MR) is 76.9 cm³/mol. The van der Waals surface area contributed by atoms with Crippen LogP contribution in [0, 0.1) is 0 Å². The van der Waals surface area contributed by atoms with Gasteiger partial charge in [-0.1, -0.05) is 5.16 Å².